The van der Waals surface area contributed by atoms with Crippen molar-refractivity contribution in [2.24, 2.45) is 15.9 Å². The predicted octanol–water partition coefficient (Wildman–Crippen LogP) is 5.15. The number of carbonyl (C=O) groups is 2. The van der Waals surface area contributed by atoms with Crippen LogP contribution in [0.2, 0.25) is 36.3 Å². The number of sulfonamides is 1. The zero-order valence-corrected chi connectivity index (χ0v) is 42.8. The Balaban J connectivity index is -0.000000715. The molecule has 0 aromatic carbocycles. The van der Waals surface area contributed by atoms with Crippen LogP contribution in [-0.2, 0) is 51.6 Å². The van der Waals surface area contributed by atoms with Gasteiger partial charge in [-0.3, -0.25) is 0 Å². The molecule has 0 atom stereocenters. The third kappa shape index (κ3) is 26.0. The lowest BCUT2D eigenvalue weighted by Gasteiger charge is -2.43. The summed E-state index contributed by atoms with van der Waals surface area (Å²) in [7, 11) is -5.98. The number of isocyanates is 1. The first-order valence-corrected chi connectivity index (χ1v) is 29.9. The molecule has 346 valence electrons. The van der Waals surface area contributed by atoms with Gasteiger partial charge in [-0.15, -0.1) is 0 Å². The van der Waals surface area contributed by atoms with E-state index in [1.54, 1.807) is 13.8 Å². The normalized spacial score (nSPS) is 15.8. The van der Waals surface area contributed by atoms with Gasteiger partial charge < -0.3 is 34.9 Å². The topological polar surface area (TPSA) is 282 Å². The molecule has 2 heterocycles. The average Bonchev–Trinajstić information content (AvgIpc) is 3.63. The van der Waals surface area contributed by atoms with E-state index in [4.69, 9.17) is 45.6 Å². The molecule has 2 amide bonds. The third-order valence-electron chi connectivity index (χ3n) is 8.82. The van der Waals surface area contributed by atoms with Gasteiger partial charge in [-0.25, -0.2) is 27.1 Å². The van der Waals surface area contributed by atoms with Gasteiger partial charge in [0, 0.05) is 34.5 Å². The number of halogens is 2. The maximum Gasteiger partial charge on any atom is 0.424 e. The van der Waals surface area contributed by atoms with Gasteiger partial charge in [0.25, 0.3) is 6.08 Å². The fraction of sp³-hybridized carbons (Fsp3) is 0.906. The maximum atomic E-state index is 12.2. The van der Waals surface area contributed by atoms with Crippen LogP contribution < -0.4 is 11.5 Å². The lowest BCUT2D eigenvalue weighted by molar-refractivity contribution is 0.0879. The number of amides is 2. The number of carbonyl (C=O) groups excluding carboxylic acids is 3. The summed E-state index contributed by atoms with van der Waals surface area (Å²) in [6, 6.07) is 0. The standard InChI is InChI=1S/C14H29NO5SSi.C10H25NOSi.C4H11NO.C3H4ClNO4S.CClNO3S/c1-13(2,3)22(6,7)20-14(4,5)8-11-21(17,18)15-9-10-19-12(15)16;1-9(2,3)13(6,7)12-10(4,5)8-11;1-4(2,6)3-5;4-10(7,8)5-1-2-9-3(5)6;2-7(5,6)3-1-4/h8-11H2,1-7H3;8,11H2,1-7H3;6H,3,5H2,1-2H3;1-2H2;. The van der Waals surface area contributed by atoms with Crippen molar-refractivity contribution in [1.82, 2.24) is 8.61 Å². The Labute approximate surface area is 358 Å². The summed E-state index contributed by atoms with van der Waals surface area (Å²) in [5.41, 5.74) is 9.30. The highest BCUT2D eigenvalue weighted by molar-refractivity contribution is 8.12. The fourth-order valence-corrected chi connectivity index (χ4v) is 9.75. The molecule has 0 radical (unpaired) electrons. The molecule has 0 aromatic heterocycles. The number of nitrogens with two attached hydrogens (primary N) is 2. The quantitative estimate of drug-likeness (QED) is 0.0987. The molecule has 0 saturated carbocycles. The smallest absolute Gasteiger partial charge is 0.424 e. The molecule has 19 nitrogen and oxygen atoms in total. The van der Waals surface area contributed by atoms with Crippen LogP contribution in [0.15, 0.2) is 4.40 Å². The maximum absolute atomic E-state index is 12.2. The molecular formula is C32H69Cl2N5O14S3Si2. The van der Waals surface area contributed by atoms with Gasteiger partial charge in [-0.2, -0.15) is 21.1 Å². The van der Waals surface area contributed by atoms with Gasteiger partial charge in [0.1, 0.15) is 13.2 Å². The van der Waals surface area contributed by atoms with Crippen molar-refractivity contribution >= 4 is 84.8 Å². The van der Waals surface area contributed by atoms with Crippen molar-refractivity contribution in [3.8, 4) is 0 Å². The Kier molecular flexibility index (Phi) is 24.3. The van der Waals surface area contributed by atoms with Gasteiger partial charge >= 0.3 is 30.7 Å². The summed E-state index contributed by atoms with van der Waals surface area (Å²) in [5.74, 6) is -0.121. The van der Waals surface area contributed by atoms with E-state index in [2.05, 4.69) is 101 Å². The first kappa shape index (κ1) is 60.9. The van der Waals surface area contributed by atoms with E-state index in [1.807, 2.05) is 13.8 Å². The summed E-state index contributed by atoms with van der Waals surface area (Å²) >= 11 is 0. The highest BCUT2D eigenvalue weighted by atomic mass is 35.7. The Morgan fingerprint density at radius 3 is 1.28 bits per heavy atom. The number of nitrogens with zero attached hydrogens (tertiary/aromatic N) is 3. The van der Waals surface area contributed by atoms with Gasteiger partial charge in [0.2, 0.25) is 10.0 Å². The lowest BCUT2D eigenvalue weighted by atomic mass is 10.1. The number of ether oxygens (including phenoxy) is 2. The minimum atomic E-state index is -4.00. The first-order valence-electron chi connectivity index (χ1n) is 18.0. The Bertz CT molecular complexity index is 1710. The van der Waals surface area contributed by atoms with Crippen molar-refractivity contribution < 1.29 is 63.1 Å². The van der Waals surface area contributed by atoms with E-state index in [1.165, 1.54) is 0 Å². The predicted molar refractivity (Wildman–Crippen MR) is 231 cm³/mol. The monoisotopic (exact) mass is 969 g/mol. The summed E-state index contributed by atoms with van der Waals surface area (Å²) in [6.45, 7) is 34.5. The van der Waals surface area contributed by atoms with Crippen LogP contribution in [0.4, 0.5) is 9.59 Å². The first-order chi connectivity index (χ1) is 25.3. The van der Waals surface area contributed by atoms with Crippen LogP contribution in [0.5, 0.6) is 0 Å². The number of rotatable bonds is 12. The van der Waals surface area contributed by atoms with E-state index in [9.17, 15) is 34.8 Å². The van der Waals surface area contributed by atoms with Crippen LogP contribution in [-0.4, -0.2) is 136 Å². The van der Waals surface area contributed by atoms with E-state index in [0.717, 1.165) is 10.4 Å². The second kappa shape index (κ2) is 23.1. The summed E-state index contributed by atoms with van der Waals surface area (Å²) in [5, 5.41) is 9.02. The fourth-order valence-electron chi connectivity index (χ4n) is 3.52. The van der Waals surface area contributed by atoms with E-state index in [-0.39, 0.29) is 47.7 Å². The van der Waals surface area contributed by atoms with Crippen molar-refractivity contribution in [2.45, 2.75) is 143 Å². The molecule has 5 N–H and O–H groups in total. The molecule has 0 bridgehead atoms. The van der Waals surface area contributed by atoms with Crippen LogP contribution >= 0.6 is 21.4 Å². The molecule has 2 aliphatic rings. The zero-order valence-electron chi connectivity index (χ0n) is 36.9. The van der Waals surface area contributed by atoms with Crippen LogP contribution in [0.1, 0.15) is 89.5 Å². The van der Waals surface area contributed by atoms with Gasteiger partial charge in [0.15, 0.2) is 16.6 Å². The molecule has 2 aliphatic heterocycles. The largest absolute Gasteiger partial charge is 0.447 e. The Morgan fingerprint density at radius 2 is 1.07 bits per heavy atom. The summed E-state index contributed by atoms with van der Waals surface area (Å²) in [6.07, 6.45) is -0.581. The molecule has 2 fully saturated rings. The molecule has 0 spiro atoms. The molecule has 2 saturated heterocycles. The molecule has 0 aliphatic carbocycles. The minimum Gasteiger partial charge on any atom is -0.447 e. The number of hydrogen-bond acceptors (Lipinski definition) is 16. The second-order valence-corrected chi connectivity index (χ2v) is 34.0. The van der Waals surface area contributed by atoms with Gasteiger partial charge in [0.05, 0.1) is 35.6 Å². The summed E-state index contributed by atoms with van der Waals surface area (Å²) in [4.78, 5) is 30.9. The van der Waals surface area contributed by atoms with Crippen molar-refractivity contribution in [1.29, 1.82) is 0 Å². The third-order valence-corrected chi connectivity index (χ3v) is 21.8. The number of cyclic esters (lactones) is 2. The molecule has 58 heavy (non-hydrogen) atoms. The zero-order chi connectivity index (χ0) is 47.2. The molecule has 2 rings (SSSR count). The van der Waals surface area contributed by atoms with Crippen LogP contribution in [0, 0.1) is 0 Å². The number of hydrogen-bond donors (Lipinski definition) is 3. The average molecular weight is 971 g/mol. The van der Waals surface area contributed by atoms with Gasteiger partial charge in [-0.1, -0.05) is 45.9 Å². The number of aliphatic hydroxyl groups is 1. The molecular weight excluding hydrogens is 902 g/mol. The SMILES string of the molecule is CC(C)(CCS(=O)(=O)N1CCOC1=O)O[Si](C)(C)C(C)(C)C.CC(C)(CN)O[Si](C)(C)C(C)(C)C.CC(C)(O)CN.O=C1OCCN1S(=O)(=O)Cl.O=C=NS(=O)(=O)Cl. The highest BCUT2D eigenvalue weighted by Gasteiger charge is 2.43. The van der Waals surface area contributed by atoms with Crippen LogP contribution in [0.3, 0.4) is 0 Å². The van der Waals surface area contributed by atoms with Crippen molar-refractivity contribution in [2.75, 3.05) is 45.1 Å². The van der Waals surface area contributed by atoms with E-state index >= 15 is 0 Å². The minimum absolute atomic E-state index is 0.00463. The Morgan fingerprint density at radius 1 is 0.724 bits per heavy atom. The van der Waals surface area contributed by atoms with Crippen molar-refractivity contribution in [3.63, 3.8) is 0 Å². The van der Waals surface area contributed by atoms with Crippen molar-refractivity contribution in [3.05, 3.63) is 0 Å². The highest BCUT2D eigenvalue weighted by Crippen LogP contribution is 2.40. The molecule has 0 unspecified atom stereocenters. The summed E-state index contributed by atoms with van der Waals surface area (Å²) < 4.78 is 89.4. The van der Waals surface area contributed by atoms with E-state index < -0.39 is 68.5 Å². The van der Waals surface area contributed by atoms with Crippen LogP contribution in [0.25, 0.3) is 0 Å². The van der Waals surface area contributed by atoms with Gasteiger partial charge in [-0.05, 0) is 84.2 Å². The lowest BCUT2D eigenvalue weighted by Crippen LogP contribution is -2.50. The second-order valence-electron chi connectivity index (χ2n) is 17.9. The molecule has 26 heteroatoms. The Hall–Kier alpha value is -1.42. The van der Waals surface area contributed by atoms with E-state index in [0.29, 0.717) is 23.8 Å². The molecule has 0 aromatic rings.